The maximum atomic E-state index is 13.4. The van der Waals surface area contributed by atoms with Crippen LogP contribution in [0.2, 0.25) is 0 Å². The number of carboxylic acids is 1. The number of hydrogen-bond acceptors (Lipinski definition) is 4. The molecular formula is C29H24FN3O3. The molecule has 6 nitrogen and oxygen atoms in total. The van der Waals surface area contributed by atoms with Crippen LogP contribution in [0.3, 0.4) is 0 Å². The molecule has 1 N–H and O–H groups in total. The average Bonchev–Trinajstić information content (AvgIpc) is 3.30. The Labute approximate surface area is 207 Å². The number of hydrogen-bond donors (Lipinski definition) is 1. The van der Waals surface area contributed by atoms with E-state index in [9.17, 15) is 9.18 Å². The van der Waals surface area contributed by atoms with Crippen LogP contribution in [-0.4, -0.2) is 25.8 Å². The van der Waals surface area contributed by atoms with Crippen molar-refractivity contribution in [3.8, 4) is 17.0 Å². The standard InChI is InChI=1S/C29H24FN3O3/c30-24-11-7-22(8-12-24)29-23(10-16-28(34)35)18-33(32-29)17-20-5-14-26(15-6-20)36-19-25-13-9-21-3-1-2-4-27(21)31-25/h1-9,11-15,18H,10,16-17,19H2,(H,34,35). The number of aliphatic carboxylic acids is 1. The van der Waals surface area contributed by atoms with Crippen molar-refractivity contribution < 1.29 is 19.0 Å². The van der Waals surface area contributed by atoms with Gasteiger partial charge in [0.2, 0.25) is 0 Å². The van der Waals surface area contributed by atoms with Crippen molar-refractivity contribution in [3.05, 3.63) is 114 Å². The number of rotatable bonds is 9. The SMILES string of the molecule is O=C(O)CCc1cn(Cc2ccc(OCc3ccc4ccccc4n3)cc2)nc1-c1ccc(F)cc1. The van der Waals surface area contributed by atoms with E-state index in [1.165, 1.54) is 12.1 Å². The van der Waals surface area contributed by atoms with Gasteiger partial charge in [0.25, 0.3) is 0 Å². The summed E-state index contributed by atoms with van der Waals surface area (Å²) in [4.78, 5) is 15.7. The molecule has 0 saturated heterocycles. The molecular weight excluding hydrogens is 457 g/mol. The van der Waals surface area contributed by atoms with Crippen molar-refractivity contribution in [2.24, 2.45) is 0 Å². The van der Waals surface area contributed by atoms with E-state index in [0.29, 0.717) is 25.3 Å². The Kier molecular flexibility index (Phi) is 6.71. The first kappa shape index (κ1) is 23.2. The molecule has 5 aromatic rings. The van der Waals surface area contributed by atoms with Gasteiger partial charge < -0.3 is 9.84 Å². The van der Waals surface area contributed by atoms with E-state index in [1.54, 1.807) is 16.8 Å². The predicted molar refractivity (Wildman–Crippen MR) is 135 cm³/mol. The fourth-order valence-electron chi connectivity index (χ4n) is 4.04. The van der Waals surface area contributed by atoms with Crippen LogP contribution in [0, 0.1) is 5.82 Å². The first-order valence-electron chi connectivity index (χ1n) is 11.6. The zero-order valence-corrected chi connectivity index (χ0v) is 19.5. The molecule has 0 aliphatic heterocycles. The smallest absolute Gasteiger partial charge is 0.303 e. The summed E-state index contributed by atoms with van der Waals surface area (Å²) in [5.74, 6) is -0.463. The van der Waals surface area contributed by atoms with Gasteiger partial charge in [-0.2, -0.15) is 5.10 Å². The fraction of sp³-hybridized carbons (Fsp3) is 0.138. The second-order valence-electron chi connectivity index (χ2n) is 8.53. The topological polar surface area (TPSA) is 77.2 Å². The minimum atomic E-state index is -0.873. The lowest BCUT2D eigenvalue weighted by Gasteiger charge is -2.08. The van der Waals surface area contributed by atoms with Crippen molar-refractivity contribution in [1.29, 1.82) is 0 Å². The van der Waals surface area contributed by atoms with Crippen molar-refractivity contribution in [3.63, 3.8) is 0 Å². The van der Waals surface area contributed by atoms with Crippen LogP contribution in [0.1, 0.15) is 23.2 Å². The van der Waals surface area contributed by atoms with Gasteiger partial charge in [0.05, 0.1) is 23.4 Å². The number of pyridine rings is 1. The third kappa shape index (κ3) is 5.58. The van der Waals surface area contributed by atoms with E-state index in [2.05, 4.69) is 10.1 Å². The molecule has 0 amide bonds. The predicted octanol–water partition coefficient (Wildman–Crippen LogP) is 5.88. The number of fused-ring (bicyclic) bond motifs is 1. The maximum Gasteiger partial charge on any atom is 0.303 e. The Bertz CT molecular complexity index is 1500. The first-order chi connectivity index (χ1) is 17.5. The molecule has 0 bridgehead atoms. The Morgan fingerprint density at radius 2 is 1.72 bits per heavy atom. The normalized spacial score (nSPS) is 11.0. The highest BCUT2D eigenvalue weighted by Crippen LogP contribution is 2.24. The number of benzene rings is 3. The number of aryl methyl sites for hydroxylation is 1. The highest BCUT2D eigenvalue weighted by atomic mass is 19.1. The zero-order chi connectivity index (χ0) is 24.9. The summed E-state index contributed by atoms with van der Waals surface area (Å²) in [5, 5.41) is 14.9. The zero-order valence-electron chi connectivity index (χ0n) is 19.5. The molecule has 180 valence electrons. The van der Waals surface area contributed by atoms with E-state index in [1.807, 2.05) is 66.9 Å². The summed E-state index contributed by atoms with van der Waals surface area (Å²) in [6, 6.07) is 25.8. The van der Waals surface area contributed by atoms with Gasteiger partial charge in [0.15, 0.2) is 0 Å². The summed E-state index contributed by atoms with van der Waals surface area (Å²) in [5.41, 5.74) is 5.05. The van der Waals surface area contributed by atoms with Gasteiger partial charge in [-0.05, 0) is 66.1 Å². The van der Waals surface area contributed by atoms with Crippen LogP contribution < -0.4 is 4.74 Å². The Hall–Kier alpha value is -4.52. The van der Waals surface area contributed by atoms with E-state index >= 15 is 0 Å². The van der Waals surface area contributed by atoms with Gasteiger partial charge in [-0.25, -0.2) is 9.37 Å². The van der Waals surface area contributed by atoms with Crippen LogP contribution in [0.5, 0.6) is 5.75 Å². The van der Waals surface area contributed by atoms with Gasteiger partial charge in [0.1, 0.15) is 18.2 Å². The molecule has 36 heavy (non-hydrogen) atoms. The molecule has 2 heterocycles. The average molecular weight is 482 g/mol. The van der Waals surface area contributed by atoms with Crippen molar-refractivity contribution in [2.75, 3.05) is 0 Å². The van der Waals surface area contributed by atoms with E-state index < -0.39 is 5.97 Å². The van der Waals surface area contributed by atoms with Crippen LogP contribution in [0.15, 0.2) is 91.1 Å². The van der Waals surface area contributed by atoms with Crippen molar-refractivity contribution in [2.45, 2.75) is 26.0 Å². The molecule has 2 aromatic heterocycles. The van der Waals surface area contributed by atoms with E-state index in [0.717, 1.165) is 39.0 Å². The summed E-state index contributed by atoms with van der Waals surface area (Å²) in [6.45, 7) is 0.880. The van der Waals surface area contributed by atoms with Crippen LogP contribution in [0.25, 0.3) is 22.2 Å². The minimum absolute atomic E-state index is 0.00200. The van der Waals surface area contributed by atoms with Gasteiger partial charge in [-0.1, -0.05) is 36.4 Å². The Morgan fingerprint density at radius 1 is 0.944 bits per heavy atom. The highest BCUT2D eigenvalue weighted by Gasteiger charge is 2.13. The quantitative estimate of drug-likeness (QED) is 0.284. The molecule has 3 aromatic carbocycles. The lowest BCUT2D eigenvalue weighted by Crippen LogP contribution is -2.01. The van der Waals surface area contributed by atoms with E-state index in [4.69, 9.17) is 9.84 Å². The number of carboxylic acid groups (broad SMARTS) is 1. The number of halogens is 1. The minimum Gasteiger partial charge on any atom is -0.487 e. The van der Waals surface area contributed by atoms with Crippen LogP contribution in [0.4, 0.5) is 4.39 Å². The third-order valence-electron chi connectivity index (χ3n) is 5.87. The highest BCUT2D eigenvalue weighted by molar-refractivity contribution is 5.78. The Morgan fingerprint density at radius 3 is 2.50 bits per heavy atom. The summed E-state index contributed by atoms with van der Waals surface area (Å²) >= 11 is 0. The molecule has 0 radical (unpaired) electrons. The number of aromatic nitrogens is 3. The van der Waals surface area contributed by atoms with E-state index in [-0.39, 0.29) is 12.2 Å². The monoisotopic (exact) mass is 481 g/mol. The Balaban J connectivity index is 1.27. The molecule has 0 atom stereocenters. The van der Waals surface area contributed by atoms with Crippen LogP contribution >= 0.6 is 0 Å². The maximum absolute atomic E-state index is 13.4. The van der Waals surface area contributed by atoms with Gasteiger partial charge in [-0.15, -0.1) is 0 Å². The number of nitrogens with zero attached hydrogens (tertiary/aromatic N) is 3. The third-order valence-corrected chi connectivity index (χ3v) is 5.87. The molecule has 0 aliphatic rings. The summed E-state index contributed by atoms with van der Waals surface area (Å²) in [7, 11) is 0. The molecule has 0 fully saturated rings. The van der Waals surface area contributed by atoms with Crippen LogP contribution in [-0.2, 0) is 24.4 Å². The first-order valence-corrected chi connectivity index (χ1v) is 11.6. The summed E-state index contributed by atoms with van der Waals surface area (Å²) < 4.78 is 21.1. The summed E-state index contributed by atoms with van der Waals surface area (Å²) in [6.07, 6.45) is 2.20. The van der Waals surface area contributed by atoms with Gasteiger partial charge >= 0.3 is 5.97 Å². The van der Waals surface area contributed by atoms with Gasteiger partial charge in [-0.3, -0.25) is 9.48 Å². The number of para-hydroxylation sites is 1. The lowest BCUT2D eigenvalue weighted by atomic mass is 10.0. The van der Waals surface area contributed by atoms with Crippen molar-refractivity contribution in [1.82, 2.24) is 14.8 Å². The van der Waals surface area contributed by atoms with Crippen molar-refractivity contribution >= 4 is 16.9 Å². The second kappa shape index (κ2) is 10.4. The lowest BCUT2D eigenvalue weighted by molar-refractivity contribution is -0.136. The fourth-order valence-corrected chi connectivity index (χ4v) is 4.04. The number of carbonyl (C=O) groups is 1. The van der Waals surface area contributed by atoms with Gasteiger partial charge in [0, 0.05) is 23.6 Å². The molecule has 0 unspecified atom stereocenters. The molecule has 0 spiro atoms. The number of ether oxygens (including phenoxy) is 1. The largest absolute Gasteiger partial charge is 0.487 e. The molecule has 5 rings (SSSR count). The second-order valence-corrected chi connectivity index (χ2v) is 8.53. The molecule has 0 aliphatic carbocycles. The molecule has 7 heteroatoms. The molecule has 0 saturated carbocycles.